The van der Waals surface area contributed by atoms with Crippen LogP contribution >= 0.6 is 35.3 Å². The second-order valence-electron chi connectivity index (χ2n) is 5.42. The maximum absolute atomic E-state index is 12.2. The molecule has 2 atom stereocenters. The Hall–Kier alpha value is -0.930. The Kier molecular flexibility index (Phi) is 11.0. The molecule has 2 N–H and O–H groups in total. The molecule has 0 amide bonds. The van der Waals surface area contributed by atoms with Crippen LogP contribution in [0.15, 0.2) is 52.8 Å². The number of rotatable bonds is 8. The van der Waals surface area contributed by atoms with E-state index in [4.69, 9.17) is 0 Å². The van der Waals surface area contributed by atoms with E-state index < -0.39 is 10.8 Å². The zero-order chi connectivity index (χ0) is 17.2. The highest BCUT2D eigenvalue weighted by Crippen LogP contribution is 2.17. The SMILES string of the molecule is CCNC(=NCCS(=O)Cc1ccccc1)NC(C)c1cccs1.I. The van der Waals surface area contributed by atoms with Crippen molar-refractivity contribution in [2.24, 2.45) is 4.99 Å². The molecule has 0 fully saturated rings. The van der Waals surface area contributed by atoms with Crippen molar-refractivity contribution in [3.8, 4) is 0 Å². The van der Waals surface area contributed by atoms with E-state index in [0.29, 0.717) is 18.1 Å². The topological polar surface area (TPSA) is 53.5 Å². The first-order valence-electron chi connectivity index (χ1n) is 8.16. The Morgan fingerprint density at radius 1 is 1.24 bits per heavy atom. The van der Waals surface area contributed by atoms with Crippen LogP contribution in [0.3, 0.4) is 0 Å². The van der Waals surface area contributed by atoms with Crippen LogP contribution < -0.4 is 10.6 Å². The first kappa shape index (κ1) is 22.1. The average molecular weight is 491 g/mol. The number of nitrogens with one attached hydrogen (secondary N) is 2. The van der Waals surface area contributed by atoms with Crippen molar-refractivity contribution in [3.63, 3.8) is 0 Å². The van der Waals surface area contributed by atoms with Gasteiger partial charge in [0.05, 0.1) is 12.6 Å². The van der Waals surface area contributed by atoms with Gasteiger partial charge in [-0.15, -0.1) is 35.3 Å². The summed E-state index contributed by atoms with van der Waals surface area (Å²) in [6.45, 7) is 5.51. The molecular weight excluding hydrogens is 465 g/mol. The molecule has 7 heteroatoms. The fraction of sp³-hybridized carbons (Fsp3) is 0.389. The fourth-order valence-electron chi connectivity index (χ4n) is 2.23. The van der Waals surface area contributed by atoms with E-state index in [1.807, 2.05) is 37.3 Å². The van der Waals surface area contributed by atoms with Crippen LogP contribution in [0.1, 0.15) is 30.3 Å². The minimum absolute atomic E-state index is 0. The van der Waals surface area contributed by atoms with E-state index in [1.54, 1.807) is 11.3 Å². The molecule has 0 bridgehead atoms. The van der Waals surface area contributed by atoms with E-state index in [-0.39, 0.29) is 30.0 Å². The van der Waals surface area contributed by atoms with Gasteiger partial charge in [0, 0.05) is 33.7 Å². The first-order chi connectivity index (χ1) is 11.7. The van der Waals surface area contributed by atoms with Crippen molar-refractivity contribution in [1.29, 1.82) is 0 Å². The van der Waals surface area contributed by atoms with E-state index in [1.165, 1.54) is 4.88 Å². The largest absolute Gasteiger partial charge is 0.357 e. The van der Waals surface area contributed by atoms with E-state index >= 15 is 0 Å². The summed E-state index contributed by atoms with van der Waals surface area (Å²) in [6, 6.07) is 14.3. The zero-order valence-corrected chi connectivity index (χ0v) is 18.6. The predicted octanol–water partition coefficient (Wildman–Crippen LogP) is 3.93. The predicted molar refractivity (Wildman–Crippen MR) is 120 cm³/mol. The van der Waals surface area contributed by atoms with E-state index in [9.17, 15) is 4.21 Å². The number of thiophene rings is 1. The smallest absolute Gasteiger partial charge is 0.191 e. The van der Waals surface area contributed by atoms with Crippen LogP contribution in [0.5, 0.6) is 0 Å². The number of guanidine groups is 1. The molecule has 138 valence electrons. The minimum Gasteiger partial charge on any atom is -0.357 e. The lowest BCUT2D eigenvalue weighted by molar-refractivity contribution is 0.681. The summed E-state index contributed by atoms with van der Waals surface area (Å²) < 4.78 is 12.2. The Morgan fingerprint density at radius 3 is 2.64 bits per heavy atom. The van der Waals surface area contributed by atoms with Gasteiger partial charge in [-0.2, -0.15) is 0 Å². The molecule has 0 saturated heterocycles. The van der Waals surface area contributed by atoms with Crippen LogP contribution in [0.2, 0.25) is 0 Å². The number of aliphatic imine (C=N–C) groups is 1. The maximum Gasteiger partial charge on any atom is 0.191 e. The maximum atomic E-state index is 12.2. The number of hydrogen-bond donors (Lipinski definition) is 2. The summed E-state index contributed by atoms with van der Waals surface area (Å²) in [5.74, 6) is 1.93. The fourth-order valence-corrected chi connectivity index (χ4v) is 3.96. The van der Waals surface area contributed by atoms with Gasteiger partial charge in [-0.25, -0.2) is 0 Å². The number of benzene rings is 1. The minimum atomic E-state index is -0.894. The average Bonchev–Trinajstić information content (AvgIpc) is 3.10. The molecule has 1 aromatic carbocycles. The van der Waals surface area contributed by atoms with E-state index in [2.05, 4.69) is 40.1 Å². The molecule has 0 aliphatic carbocycles. The Bertz CT molecular complexity index is 648. The molecule has 0 radical (unpaired) electrons. The number of hydrogen-bond acceptors (Lipinski definition) is 3. The Balaban J connectivity index is 0.00000312. The Labute approximate surface area is 174 Å². The van der Waals surface area contributed by atoms with Crippen LogP contribution in [-0.4, -0.2) is 29.0 Å². The molecule has 0 saturated carbocycles. The summed E-state index contributed by atoms with van der Waals surface area (Å²) in [4.78, 5) is 5.82. The third kappa shape index (κ3) is 8.33. The van der Waals surface area contributed by atoms with Gasteiger partial charge < -0.3 is 10.6 Å². The van der Waals surface area contributed by atoms with Gasteiger partial charge in [0.2, 0.25) is 0 Å². The van der Waals surface area contributed by atoms with Crippen molar-refractivity contribution < 1.29 is 4.21 Å². The zero-order valence-electron chi connectivity index (χ0n) is 14.6. The molecule has 0 aliphatic rings. The third-order valence-corrected chi connectivity index (χ3v) is 5.78. The van der Waals surface area contributed by atoms with Crippen LogP contribution in [0.4, 0.5) is 0 Å². The molecule has 4 nitrogen and oxygen atoms in total. The molecule has 1 heterocycles. The second-order valence-corrected chi connectivity index (χ2v) is 7.97. The van der Waals surface area contributed by atoms with Gasteiger partial charge in [-0.3, -0.25) is 9.20 Å². The van der Waals surface area contributed by atoms with Crippen molar-refractivity contribution >= 4 is 52.1 Å². The lowest BCUT2D eigenvalue weighted by Crippen LogP contribution is -2.38. The van der Waals surface area contributed by atoms with Gasteiger partial charge in [0.25, 0.3) is 0 Å². The van der Waals surface area contributed by atoms with Gasteiger partial charge in [0.15, 0.2) is 5.96 Å². The quantitative estimate of drug-likeness (QED) is 0.334. The van der Waals surface area contributed by atoms with Crippen molar-refractivity contribution in [3.05, 3.63) is 58.3 Å². The molecule has 2 rings (SSSR count). The summed E-state index contributed by atoms with van der Waals surface area (Å²) in [6.07, 6.45) is 0. The van der Waals surface area contributed by atoms with Crippen molar-refractivity contribution in [2.45, 2.75) is 25.6 Å². The molecule has 0 aliphatic heterocycles. The second kappa shape index (κ2) is 12.4. The Morgan fingerprint density at radius 2 is 2.00 bits per heavy atom. The molecule has 1 aromatic heterocycles. The van der Waals surface area contributed by atoms with Gasteiger partial charge in [0.1, 0.15) is 0 Å². The molecule has 0 spiro atoms. The lowest BCUT2D eigenvalue weighted by Gasteiger charge is -2.16. The highest BCUT2D eigenvalue weighted by atomic mass is 127. The van der Waals surface area contributed by atoms with Gasteiger partial charge >= 0.3 is 0 Å². The standard InChI is InChI=1S/C18H25N3OS2.HI/c1-3-19-18(21-15(2)17-10-7-12-23-17)20-11-13-24(22)14-16-8-5-4-6-9-16;/h4-10,12,15H,3,11,13-14H2,1-2H3,(H2,19,20,21);1H. The van der Waals surface area contributed by atoms with Crippen molar-refractivity contribution in [2.75, 3.05) is 18.8 Å². The third-order valence-electron chi connectivity index (χ3n) is 3.43. The van der Waals surface area contributed by atoms with E-state index in [0.717, 1.165) is 18.1 Å². The van der Waals surface area contributed by atoms with Crippen LogP contribution in [0, 0.1) is 0 Å². The molecule has 25 heavy (non-hydrogen) atoms. The number of halogens is 1. The molecule has 2 unspecified atom stereocenters. The highest BCUT2D eigenvalue weighted by Gasteiger charge is 2.08. The normalized spacial score (nSPS) is 13.6. The molecular formula is C18H26IN3OS2. The van der Waals surface area contributed by atoms with Crippen LogP contribution in [-0.2, 0) is 16.6 Å². The lowest BCUT2D eigenvalue weighted by atomic mass is 10.2. The molecule has 2 aromatic rings. The summed E-state index contributed by atoms with van der Waals surface area (Å²) in [5.41, 5.74) is 1.11. The van der Waals surface area contributed by atoms with Gasteiger partial charge in [-0.05, 0) is 30.9 Å². The summed E-state index contributed by atoms with van der Waals surface area (Å²) in [7, 11) is -0.894. The summed E-state index contributed by atoms with van der Waals surface area (Å²) in [5, 5.41) is 8.71. The number of nitrogens with zero attached hydrogens (tertiary/aromatic N) is 1. The highest BCUT2D eigenvalue weighted by molar-refractivity contribution is 14.0. The van der Waals surface area contributed by atoms with Crippen LogP contribution in [0.25, 0.3) is 0 Å². The monoisotopic (exact) mass is 491 g/mol. The van der Waals surface area contributed by atoms with Crippen molar-refractivity contribution in [1.82, 2.24) is 10.6 Å². The first-order valence-corrected chi connectivity index (χ1v) is 10.5. The van der Waals surface area contributed by atoms with Gasteiger partial charge in [-0.1, -0.05) is 36.4 Å². The summed E-state index contributed by atoms with van der Waals surface area (Å²) >= 11 is 1.73.